The fraction of sp³-hybridized carbons (Fsp3) is 0.840. The number of carbonyl (C=O) groups excluding carboxylic acids is 1. The molecule has 0 aromatic rings. The molecule has 3 aliphatic heterocycles. The van der Waals surface area contributed by atoms with E-state index >= 15 is 0 Å². The number of hydrogen-bond donors (Lipinski definition) is 1. The highest BCUT2D eigenvalue weighted by Gasteiger charge is 2.53. The summed E-state index contributed by atoms with van der Waals surface area (Å²) in [6, 6.07) is 0.151. The molecule has 4 aliphatic rings. The molecule has 190 valence electrons. The van der Waals surface area contributed by atoms with E-state index in [9.17, 15) is 4.79 Å². The highest BCUT2D eigenvalue weighted by Crippen LogP contribution is 2.41. The lowest BCUT2D eigenvalue weighted by Crippen LogP contribution is -2.50. The maximum absolute atomic E-state index is 11.9. The maximum Gasteiger partial charge on any atom is 0.467 e. The van der Waals surface area contributed by atoms with Crippen molar-refractivity contribution in [2.45, 2.75) is 121 Å². The minimum absolute atomic E-state index is 0.145. The number of piperidine rings is 1. The predicted molar refractivity (Wildman–Crippen MR) is 133 cm³/mol. The van der Waals surface area contributed by atoms with Crippen LogP contribution in [0.5, 0.6) is 0 Å². The maximum atomic E-state index is 11.9. The van der Waals surface area contributed by atoms with Crippen molar-refractivity contribution in [2.24, 2.45) is 4.99 Å². The topological polar surface area (TPSA) is 81.6 Å². The molecule has 1 saturated carbocycles. The molecule has 1 unspecified atom stereocenters. The minimum Gasteiger partial charge on any atom is -0.444 e. The van der Waals surface area contributed by atoms with E-state index in [2.05, 4.69) is 44.0 Å². The molecular weight excluding hydrogens is 433 g/mol. The van der Waals surface area contributed by atoms with Crippen LogP contribution in [0.25, 0.3) is 0 Å². The van der Waals surface area contributed by atoms with E-state index in [4.69, 9.17) is 23.8 Å². The molecule has 0 aromatic heterocycles. The Balaban J connectivity index is 1.15. The monoisotopic (exact) mass is 475 g/mol. The molecule has 34 heavy (non-hydrogen) atoms. The Morgan fingerprint density at radius 3 is 2.26 bits per heavy atom. The van der Waals surface area contributed by atoms with Crippen molar-refractivity contribution in [1.82, 2.24) is 10.2 Å². The summed E-state index contributed by atoms with van der Waals surface area (Å²) >= 11 is 0. The second kappa shape index (κ2) is 9.47. The molecule has 1 amide bonds. The van der Waals surface area contributed by atoms with Crippen LogP contribution in [0.15, 0.2) is 16.9 Å². The quantitative estimate of drug-likeness (QED) is 0.598. The van der Waals surface area contributed by atoms with Gasteiger partial charge in [-0.1, -0.05) is 0 Å². The van der Waals surface area contributed by atoms with Crippen LogP contribution in [-0.2, 0) is 18.8 Å². The van der Waals surface area contributed by atoms with Crippen LogP contribution in [0, 0.1) is 0 Å². The zero-order valence-electron chi connectivity index (χ0n) is 21.9. The number of nitrogens with zero attached hydrogens (tertiary/aromatic N) is 2. The lowest BCUT2D eigenvalue weighted by molar-refractivity contribution is -0.0819. The molecule has 3 heterocycles. The number of amides is 1. The Bertz CT molecular complexity index is 792. The van der Waals surface area contributed by atoms with Crippen LogP contribution < -0.4 is 5.32 Å². The van der Waals surface area contributed by atoms with Gasteiger partial charge >= 0.3 is 13.2 Å². The summed E-state index contributed by atoms with van der Waals surface area (Å²) in [4.78, 5) is 19.0. The number of likely N-dealkylation sites (tertiary alicyclic amines) is 1. The first-order valence-corrected chi connectivity index (χ1v) is 12.8. The summed E-state index contributed by atoms with van der Waals surface area (Å²) in [6.45, 7) is 15.9. The van der Waals surface area contributed by atoms with Gasteiger partial charge in [-0.05, 0) is 86.6 Å². The average Bonchev–Trinajstić information content (AvgIpc) is 2.93. The van der Waals surface area contributed by atoms with Gasteiger partial charge in [0.15, 0.2) is 0 Å². The second-order valence-corrected chi connectivity index (χ2v) is 12.1. The Hall–Kier alpha value is -1.58. The van der Waals surface area contributed by atoms with Crippen molar-refractivity contribution in [3.63, 3.8) is 0 Å². The molecule has 3 fully saturated rings. The number of ether oxygens (including phenoxy) is 2. The molecule has 0 radical (unpaired) electrons. The molecular formula is C25H42BN3O5. The second-order valence-electron chi connectivity index (χ2n) is 12.1. The van der Waals surface area contributed by atoms with Gasteiger partial charge in [0.2, 0.25) is 0 Å². The van der Waals surface area contributed by atoms with Gasteiger partial charge in [0.25, 0.3) is 0 Å². The third-order valence-electron chi connectivity index (χ3n) is 7.56. The summed E-state index contributed by atoms with van der Waals surface area (Å²) in [7, 11) is -0.248. The lowest BCUT2D eigenvalue weighted by Gasteiger charge is -2.41. The largest absolute Gasteiger partial charge is 0.467 e. The Kier molecular flexibility index (Phi) is 7.11. The van der Waals surface area contributed by atoms with E-state index in [0.717, 1.165) is 51.0 Å². The molecule has 1 atom stereocenters. The van der Waals surface area contributed by atoms with Crippen molar-refractivity contribution in [1.29, 1.82) is 0 Å². The molecule has 9 heteroatoms. The minimum atomic E-state index is -0.470. The number of aliphatic imine (C=N–C) groups is 1. The summed E-state index contributed by atoms with van der Waals surface area (Å²) in [5.74, 6) is 1.20. The van der Waals surface area contributed by atoms with E-state index in [-0.39, 0.29) is 48.5 Å². The molecule has 0 spiro atoms. The Morgan fingerprint density at radius 2 is 1.74 bits per heavy atom. The van der Waals surface area contributed by atoms with Crippen molar-refractivity contribution < 1.29 is 23.6 Å². The van der Waals surface area contributed by atoms with Gasteiger partial charge < -0.3 is 29.0 Å². The molecule has 2 saturated heterocycles. The van der Waals surface area contributed by atoms with Gasteiger partial charge in [-0.2, -0.15) is 0 Å². The van der Waals surface area contributed by atoms with Gasteiger partial charge in [-0.15, -0.1) is 0 Å². The SMILES string of the molecule is CC(C)(C)OC(=O)NC1CC(OC2CCN(C3=CCC(B4OC(C)(C)C(C)(C)O4)C=N3)CC2)C1. The first kappa shape index (κ1) is 25.5. The predicted octanol–water partition coefficient (Wildman–Crippen LogP) is 4.30. The fourth-order valence-electron chi connectivity index (χ4n) is 4.74. The number of carbonyl (C=O) groups is 1. The van der Waals surface area contributed by atoms with Crippen molar-refractivity contribution in [2.75, 3.05) is 13.1 Å². The smallest absolute Gasteiger partial charge is 0.444 e. The third-order valence-corrected chi connectivity index (χ3v) is 7.56. The molecule has 0 aromatic carbocycles. The number of alkyl carbamates (subject to hydrolysis) is 1. The van der Waals surface area contributed by atoms with Crippen LogP contribution in [0.4, 0.5) is 4.79 Å². The first-order valence-electron chi connectivity index (χ1n) is 12.8. The first-order chi connectivity index (χ1) is 15.8. The normalized spacial score (nSPS) is 31.1. The standard InChI is InChI=1S/C25H42BN3O5/c1-23(2,3)32-22(30)28-18-14-20(15-18)31-19-10-12-29(13-11-19)21-9-8-17(16-27-21)26-33-24(4,5)25(6,7)34-26/h9,16-20H,8,10-15H2,1-7H3,(H,28,30). The lowest BCUT2D eigenvalue weighted by atomic mass is 9.70. The van der Waals surface area contributed by atoms with Crippen LogP contribution in [0.2, 0.25) is 5.82 Å². The average molecular weight is 475 g/mol. The molecule has 8 nitrogen and oxygen atoms in total. The van der Waals surface area contributed by atoms with Crippen molar-refractivity contribution >= 4 is 19.4 Å². The Labute approximate surface area is 204 Å². The van der Waals surface area contributed by atoms with Gasteiger partial charge in [0.05, 0.1) is 23.4 Å². The fourth-order valence-corrected chi connectivity index (χ4v) is 4.74. The molecule has 1 aliphatic carbocycles. The van der Waals surface area contributed by atoms with Crippen molar-refractivity contribution in [3.05, 3.63) is 11.9 Å². The van der Waals surface area contributed by atoms with E-state index in [1.165, 1.54) is 0 Å². The number of hydrogen-bond acceptors (Lipinski definition) is 7. The number of nitrogens with one attached hydrogen (secondary N) is 1. The van der Waals surface area contributed by atoms with Crippen LogP contribution in [0.1, 0.15) is 80.6 Å². The Morgan fingerprint density at radius 1 is 1.12 bits per heavy atom. The van der Waals surface area contributed by atoms with Crippen molar-refractivity contribution in [3.8, 4) is 0 Å². The summed E-state index contributed by atoms with van der Waals surface area (Å²) in [5, 5.41) is 2.93. The number of allylic oxidation sites excluding steroid dienone is 1. The zero-order valence-corrected chi connectivity index (χ0v) is 21.9. The summed E-state index contributed by atoms with van der Waals surface area (Å²) in [5.41, 5.74) is -1.10. The summed E-state index contributed by atoms with van der Waals surface area (Å²) < 4.78 is 24.0. The highest BCUT2D eigenvalue weighted by molar-refractivity contribution is 6.51. The number of rotatable bonds is 5. The summed E-state index contributed by atoms with van der Waals surface area (Å²) in [6.07, 6.45) is 8.96. The van der Waals surface area contributed by atoms with Crippen LogP contribution in [-0.4, -0.2) is 72.5 Å². The van der Waals surface area contributed by atoms with Gasteiger partial charge in [0, 0.05) is 31.2 Å². The van der Waals surface area contributed by atoms with E-state index in [1.54, 1.807) is 0 Å². The van der Waals surface area contributed by atoms with E-state index in [1.807, 2.05) is 27.0 Å². The van der Waals surface area contributed by atoms with Crippen LogP contribution in [0.3, 0.4) is 0 Å². The van der Waals surface area contributed by atoms with Crippen LogP contribution >= 0.6 is 0 Å². The zero-order chi connectivity index (χ0) is 24.7. The molecule has 4 rings (SSSR count). The van der Waals surface area contributed by atoms with E-state index < -0.39 is 5.60 Å². The van der Waals surface area contributed by atoms with Gasteiger partial charge in [-0.25, -0.2) is 9.79 Å². The molecule has 0 bridgehead atoms. The van der Waals surface area contributed by atoms with Gasteiger partial charge in [0.1, 0.15) is 11.4 Å². The molecule has 1 N–H and O–H groups in total. The van der Waals surface area contributed by atoms with Gasteiger partial charge in [-0.3, -0.25) is 0 Å². The highest BCUT2D eigenvalue weighted by atomic mass is 16.7. The van der Waals surface area contributed by atoms with E-state index in [0.29, 0.717) is 0 Å². The third kappa shape index (κ3) is 5.97.